The van der Waals surface area contributed by atoms with Gasteiger partial charge in [-0.05, 0) is 25.0 Å². The third kappa shape index (κ3) is 2.47. The summed E-state index contributed by atoms with van der Waals surface area (Å²) in [4.78, 5) is 10.5. The molecule has 0 saturated carbocycles. The van der Waals surface area contributed by atoms with Crippen LogP contribution in [0.4, 0.5) is 0 Å². The molecule has 1 rings (SSSR count). The fourth-order valence-corrected chi connectivity index (χ4v) is 1.06. The van der Waals surface area contributed by atoms with E-state index in [1.807, 2.05) is 0 Å². The second-order valence-corrected chi connectivity index (χ2v) is 2.89. The van der Waals surface area contributed by atoms with Crippen LogP contribution in [0.25, 0.3) is 0 Å². The van der Waals surface area contributed by atoms with E-state index in [-0.39, 0.29) is 11.5 Å². The lowest BCUT2D eigenvalue weighted by molar-refractivity contribution is 0.0650. The number of aliphatic hydroxyl groups is 1. The van der Waals surface area contributed by atoms with Gasteiger partial charge in [0, 0.05) is 0 Å². The van der Waals surface area contributed by atoms with Gasteiger partial charge in [0.15, 0.2) is 0 Å². The predicted molar refractivity (Wildman–Crippen MR) is 50.1 cm³/mol. The van der Waals surface area contributed by atoms with Crippen molar-refractivity contribution in [1.82, 2.24) is 0 Å². The van der Waals surface area contributed by atoms with Crippen molar-refractivity contribution in [2.75, 3.05) is 0 Å². The van der Waals surface area contributed by atoms with Crippen molar-refractivity contribution < 1.29 is 19.4 Å². The SMILES string of the molecule is C=CCC[C@H](O)c1ccc(C(=O)O)o1. The van der Waals surface area contributed by atoms with Crippen molar-refractivity contribution >= 4 is 5.97 Å². The van der Waals surface area contributed by atoms with Crippen molar-refractivity contribution in [3.8, 4) is 0 Å². The topological polar surface area (TPSA) is 70.7 Å². The predicted octanol–water partition coefficient (Wildman–Crippen LogP) is 1.98. The van der Waals surface area contributed by atoms with Crippen molar-refractivity contribution in [3.05, 3.63) is 36.3 Å². The molecule has 0 spiro atoms. The maximum Gasteiger partial charge on any atom is 0.371 e. The number of rotatable bonds is 5. The van der Waals surface area contributed by atoms with E-state index in [1.54, 1.807) is 6.08 Å². The van der Waals surface area contributed by atoms with E-state index in [9.17, 15) is 9.90 Å². The zero-order valence-corrected chi connectivity index (χ0v) is 7.64. The average Bonchev–Trinajstić information content (AvgIpc) is 2.62. The molecule has 4 nitrogen and oxygen atoms in total. The van der Waals surface area contributed by atoms with Crippen LogP contribution in [-0.4, -0.2) is 16.2 Å². The van der Waals surface area contributed by atoms with E-state index < -0.39 is 12.1 Å². The summed E-state index contributed by atoms with van der Waals surface area (Å²) < 4.78 is 4.92. The third-order valence-corrected chi connectivity index (χ3v) is 1.81. The Balaban J connectivity index is 2.66. The number of carboxylic acids is 1. The summed E-state index contributed by atoms with van der Waals surface area (Å²) in [5, 5.41) is 18.1. The summed E-state index contributed by atoms with van der Waals surface area (Å²) in [5.74, 6) is -1.01. The monoisotopic (exact) mass is 196 g/mol. The Morgan fingerprint density at radius 1 is 1.64 bits per heavy atom. The molecule has 0 aliphatic rings. The largest absolute Gasteiger partial charge is 0.475 e. The lowest BCUT2D eigenvalue weighted by Gasteiger charge is -2.04. The van der Waals surface area contributed by atoms with E-state index in [4.69, 9.17) is 9.52 Å². The number of allylic oxidation sites excluding steroid dienone is 1. The van der Waals surface area contributed by atoms with E-state index >= 15 is 0 Å². The van der Waals surface area contributed by atoms with Gasteiger partial charge in [-0.25, -0.2) is 4.79 Å². The van der Waals surface area contributed by atoms with Gasteiger partial charge in [-0.1, -0.05) is 6.08 Å². The Hall–Kier alpha value is -1.55. The molecule has 0 fully saturated rings. The van der Waals surface area contributed by atoms with Gasteiger partial charge >= 0.3 is 5.97 Å². The summed E-state index contributed by atoms with van der Waals surface area (Å²) in [7, 11) is 0. The van der Waals surface area contributed by atoms with Crippen LogP contribution >= 0.6 is 0 Å². The second kappa shape index (κ2) is 4.62. The molecule has 76 valence electrons. The molecular weight excluding hydrogens is 184 g/mol. The maximum atomic E-state index is 10.5. The van der Waals surface area contributed by atoms with Gasteiger partial charge in [-0.2, -0.15) is 0 Å². The van der Waals surface area contributed by atoms with Crippen LogP contribution in [0, 0.1) is 0 Å². The highest BCUT2D eigenvalue weighted by atomic mass is 16.4. The van der Waals surface area contributed by atoms with Gasteiger partial charge in [0.2, 0.25) is 5.76 Å². The Morgan fingerprint density at radius 2 is 2.36 bits per heavy atom. The number of carboxylic acid groups (broad SMARTS) is 1. The highest BCUT2D eigenvalue weighted by Crippen LogP contribution is 2.20. The van der Waals surface area contributed by atoms with Crippen LogP contribution < -0.4 is 0 Å². The summed E-state index contributed by atoms with van der Waals surface area (Å²) in [6.45, 7) is 3.52. The molecule has 4 heteroatoms. The van der Waals surface area contributed by atoms with Crippen molar-refractivity contribution in [2.45, 2.75) is 18.9 Å². The molecule has 0 saturated heterocycles. The number of aliphatic hydroxyl groups excluding tert-OH is 1. The lowest BCUT2D eigenvalue weighted by atomic mass is 10.1. The highest BCUT2D eigenvalue weighted by Gasteiger charge is 2.14. The second-order valence-electron chi connectivity index (χ2n) is 2.89. The molecular formula is C10H12O4. The Morgan fingerprint density at radius 3 is 2.86 bits per heavy atom. The van der Waals surface area contributed by atoms with E-state index in [1.165, 1.54) is 12.1 Å². The first-order valence-corrected chi connectivity index (χ1v) is 4.27. The maximum absolute atomic E-state index is 10.5. The van der Waals surface area contributed by atoms with E-state index in [0.717, 1.165) is 0 Å². The summed E-state index contributed by atoms with van der Waals surface area (Å²) in [6.07, 6.45) is 2.06. The molecule has 0 aliphatic carbocycles. The first-order valence-electron chi connectivity index (χ1n) is 4.27. The minimum atomic E-state index is -1.13. The zero-order valence-electron chi connectivity index (χ0n) is 7.64. The van der Waals surface area contributed by atoms with Gasteiger partial charge in [0.05, 0.1) is 0 Å². The summed E-state index contributed by atoms with van der Waals surface area (Å²) in [5.41, 5.74) is 0. The number of carbonyl (C=O) groups is 1. The first kappa shape index (κ1) is 10.5. The Labute approximate surface area is 81.5 Å². The molecule has 0 unspecified atom stereocenters. The molecule has 0 aromatic carbocycles. The third-order valence-electron chi connectivity index (χ3n) is 1.81. The molecule has 0 aliphatic heterocycles. The van der Waals surface area contributed by atoms with Crippen LogP contribution in [0.2, 0.25) is 0 Å². The van der Waals surface area contributed by atoms with E-state index in [2.05, 4.69) is 6.58 Å². The number of hydrogen-bond donors (Lipinski definition) is 2. The van der Waals surface area contributed by atoms with Crippen LogP contribution in [-0.2, 0) is 0 Å². The first-order chi connectivity index (χ1) is 6.65. The molecule has 0 radical (unpaired) electrons. The number of hydrogen-bond acceptors (Lipinski definition) is 3. The molecule has 1 aromatic heterocycles. The fourth-order valence-electron chi connectivity index (χ4n) is 1.06. The minimum Gasteiger partial charge on any atom is -0.475 e. The van der Waals surface area contributed by atoms with Gasteiger partial charge in [-0.15, -0.1) is 6.58 Å². The average molecular weight is 196 g/mol. The molecule has 1 atom stereocenters. The van der Waals surface area contributed by atoms with Crippen LogP contribution in [0.15, 0.2) is 29.2 Å². The van der Waals surface area contributed by atoms with Gasteiger partial charge in [0.25, 0.3) is 0 Å². The highest BCUT2D eigenvalue weighted by molar-refractivity contribution is 5.84. The summed E-state index contributed by atoms with van der Waals surface area (Å²) in [6, 6.07) is 2.80. The van der Waals surface area contributed by atoms with Gasteiger partial charge < -0.3 is 14.6 Å². The molecule has 0 amide bonds. The fraction of sp³-hybridized carbons (Fsp3) is 0.300. The normalized spacial score (nSPS) is 12.4. The minimum absolute atomic E-state index is 0.155. The van der Waals surface area contributed by atoms with Gasteiger partial charge in [0.1, 0.15) is 11.9 Å². The molecule has 1 aromatic rings. The number of aromatic carboxylic acids is 1. The van der Waals surface area contributed by atoms with Crippen molar-refractivity contribution in [1.29, 1.82) is 0 Å². The van der Waals surface area contributed by atoms with Crippen LogP contribution in [0.5, 0.6) is 0 Å². The zero-order chi connectivity index (χ0) is 10.6. The molecule has 2 N–H and O–H groups in total. The smallest absolute Gasteiger partial charge is 0.371 e. The van der Waals surface area contributed by atoms with Crippen molar-refractivity contribution in [2.24, 2.45) is 0 Å². The Kier molecular flexibility index (Phi) is 3.48. The summed E-state index contributed by atoms with van der Waals surface area (Å²) >= 11 is 0. The van der Waals surface area contributed by atoms with Crippen molar-refractivity contribution in [3.63, 3.8) is 0 Å². The Bertz CT molecular complexity index is 327. The lowest BCUT2D eigenvalue weighted by Crippen LogP contribution is -1.95. The van der Waals surface area contributed by atoms with Crippen LogP contribution in [0.1, 0.15) is 35.3 Å². The molecule has 0 bridgehead atoms. The number of furan rings is 1. The van der Waals surface area contributed by atoms with Gasteiger partial charge in [-0.3, -0.25) is 0 Å². The molecule has 1 heterocycles. The quantitative estimate of drug-likeness (QED) is 0.706. The molecule has 14 heavy (non-hydrogen) atoms. The van der Waals surface area contributed by atoms with E-state index in [0.29, 0.717) is 12.8 Å². The standard InChI is InChI=1S/C10H12O4/c1-2-3-4-7(11)8-5-6-9(14-8)10(12)13/h2,5-7,11H,1,3-4H2,(H,12,13)/t7-/m0/s1. The van der Waals surface area contributed by atoms with Crippen LogP contribution in [0.3, 0.4) is 0 Å².